The zero-order valence-corrected chi connectivity index (χ0v) is 10.1. The highest BCUT2D eigenvalue weighted by Gasteiger charge is 2.09. The van der Waals surface area contributed by atoms with E-state index in [0.717, 1.165) is 11.6 Å². The molecule has 1 heterocycles. The smallest absolute Gasteiger partial charge is 0.141 e. The van der Waals surface area contributed by atoms with Crippen LogP contribution in [-0.2, 0) is 5.75 Å². The minimum Gasteiger partial charge on any atom is -0.382 e. The molecule has 0 aliphatic heterocycles. The Balaban J connectivity index is 2.74. The van der Waals surface area contributed by atoms with E-state index in [1.165, 1.54) is 0 Å². The van der Waals surface area contributed by atoms with Gasteiger partial charge in [-0.3, -0.25) is 0 Å². The van der Waals surface area contributed by atoms with Crippen LogP contribution in [0.5, 0.6) is 0 Å². The number of anilines is 1. The third kappa shape index (κ3) is 2.94. The van der Waals surface area contributed by atoms with Crippen LogP contribution in [0.2, 0.25) is 0 Å². The van der Waals surface area contributed by atoms with Gasteiger partial charge in [-0.05, 0) is 19.1 Å². The Labute approximate surface area is 90.1 Å². The number of imidazole rings is 1. The molecule has 0 aliphatic rings. The van der Waals surface area contributed by atoms with E-state index in [0.29, 0.717) is 17.1 Å². The highest BCUT2D eigenvalue weighted by molar-refractivity contribution is 7.99. The van der Waals surface area contributed by atoms with Gasteiger partial charge in [-0.2, -0.15) is 11.8 Å². The molecule has 0 fully saturated rings. The average Bonchev–Trinajstić information content (AvgIpc) is 2.43. The number of nitrogen functional groups attached to an aromatic ring is 1. The van der Waals surface area contributed by atoms with Crippen molar-refractivity contribution in [1.29, 1.82) is 0 Å². The second-order valence-electron chi connectivity index (χ2n) is 3.94. The molecule has 2 N–H and O–H groups in total. The first-order chi connectivity index (χ1) is 6.50. The Hall–Kier alpha value is -0.640. The topological polar surface area (TPSA) is 43.8 Å². The number of aromatic nitrogens is 2. The molecule has 1 aromatic heterocycles. The number of rotatable bonds is 4. The largest absolute Gasteiger partial charge is 0.382 e. The number of hydrogen-bond acceptors (Lipinski definition) is 3. The first-order valence-electron chi connectivity index (χ1n) is 4.95. The van der Waals surface area contributed by atoms with E-state index in [9.17, 15) is 0 Å². The molecule has 0 aromatic carbocycles. The average molecular weight is 213 g/mol. The zero-order chi connectivity index (χ0) is 10.7. The van der Waals surface area contributed by atoms with Crippen molar-refractivity contribution in [3.63, 3.8) is 0 Å². The van der Waals surface area contributed by atoms with Crippen molar-refractivity contribution >= 4 is 17.6 Å². The maximum Gasteiger partial charge on any atom is 0.141 e. The first kappa shape index (κ1) is 11.4. The van der Waals surface area contributed by atoms with Crippen LogP contribution in [0.4, 0.5) is 5.82 Å². The van der Waals surface area contributed by atoms with Crippen LogP contribution in [0.15, 0.2) is 6.20 Å². The lowest BCUT2D eigenvalue weighted by Gasteiger charge is -2.11. The molecule has 0 saturated heterocycles. The Morgan fingerprint density at radius 3 is 2.57 bits per heavy atom. The van der Waals surface area contributed by atoms with Crippen molar-refractivity contribution in [2.75, 3.05) is 5.73 Å². The fourth-order valence-corrected chi connectivity index (χ4v) is 1.94. The highest BCUT2D eigenvalue weighted by atomic mass is 32.2. The predicted molar refractivity (Wildman–Crippen MR) is 63.5 cm³/mol. The van der Waals surface area contributed by atoms with Gasteiger partial charge in [-0.1, -0.05) is 13.8 Å². The summed E-state index contributed by atoms with van der Waals surface area (Å²) in [6, 6.07) is 0.433. The van der Waals surface area contributed by atoms with E-state index < -0.39 is 0 Å². The van der Waals surface area contributed by atoms with Gasteiger partial charge in [0, 0.05) is 12.2 Å². The van der Waals surface area contributed by atoms with Crippen LogP contribution in [0.1, 0.15) is 39.6 Å². The van der Waals surface area contributed by atoms with Gasteiger partial charge in [-0.15, -0.1) is 0 Å². The van der Waals surface area contributed by atoms with Crippen LogP contribution in [-0.4, -0.2) is 14.8 Å². The van der Waals surface area contributed by atoms with Gasteiger partial charge < -0.3 is 10.3 Å². The maximum atomic E-state index is 5.68. The zero-order valence-electron chi connectivity index (χ0n) is 9.32. The molecule has 4 heteroatoms. The summed E-state index contributed by atoms with van der Waals surface area (Å²) in [6.07, 6.45) is 1.92. The molecule has 3 nitrogen and oxygen atoms in total. The summed E-state index contributed by atoms with van der Waals surface area (Å²) in [5, 5.41) is 0.633. The molecule has 0 bridgehead atoms. The van der Waals surface area contributed by atoms with Crippen molar-refractivity contribution < 1.29 is 0 Å². The summed E-state index contributed by atoms with van der Waals surface area (Å²) < 4.78 is 2.14. The Morgan fingerprint density at radius 2 is 2.07 bits per heavy atom. The predicted octanol–water partition coefficient (Wildman–Crippen LogP) is 2.69. The third-order valence-electron chi connectivity index (χ3n) is 1.93. The van der Waals surface area contributed by atoms with Crippen molar-refractivity contribution in [2.24, 2.45) is 0 Å². The van der Waals surface area contributed by atoms with Crippen LogP contribution in [0, 0.1) is 0 Å². The lowest BCUT2D eigenvalue weighted by atomic mass is 10.4. The monoisotopic (exact) mass is 213 g/mol. The Kier molecular flexibility index (Phi) is 3.86. The summed E-state index contributed by atoms with van der Waals surface area (Å²) in [5.41, 5.74) is 5.68. The molecule has 1 aromatic rings. The van der Waals surface area contributed by atoms with E-state index in [-0.39, 0.29) is 0 Å². The molecule has 14 heavy (non-hydrogen) atoms. The molecule has 0 amide bonds. The number of hydrogen-bond donors (Lipinski definition) is 1. The van der Waals surface area contributed by atoms with Crippen LogP contribution in [0.3, 0.4) is 0 Å². The third-order valence-corrected chi connectivity index (χ3v) is 3.02. The number of thioether (sulfide) groups is 1. The van der Waals surface area contributed by atoms with Crippen molar-refractivity contribution in [3.05, 3.63) is 12.0 Å². The molecule has 80 valence electrons. The van der Waals surface area contributed by atoms with Gasteiger partial charge in [-0.25, -0.2) is 4.98 Å². The number of nitrogens with two attached hydrogens (primary N) is 1. The Morgan fingerprint density at radius 1 is 1.43 bits per heavy atom. The van der Waals surface area contributed by atoms with Crippen LogP contribution in [0.25, 0.3) is 0 Å². The number of nitrogens with zero attached hydrogens (tertiary/aromatic N) is 2. The minimum atomic E-state index is 0.433. The van der Waals surface area contributed by atoms with Crippen molar-refractivity contribution in [3.8, 4) is 0 Å². The summed E-state index contributed by atoms with van der Waals surface area (Å²) in [5.74, 6) is 2.64. The molecule has 0 atom stereocenters. The maximum absolute atomic E-state index is 5.68. The molecular formula is C10H19N3S. The second kappa shape index (κ2) is 4.73. The normalized spacial score (nSPS) is 11.6. The molecule has 0 saturated carbocycles. The van der Waals surface area contributed by atoms with E-state index in [1.807, 2.05) is 18.0 Å². The molecule has 1 rings (SSSR count). The molecular weight excluding hydrogens is 194 g/mol. The van der Waals surface area contributed by atoms with E-state index in [4.69, 9.17) is 5.73 Å². The standard InChI is InChI=1S/C10H19N3S/c1-7(2)13-5-9(11)12-10(13)6-14-8(3)4/h5,7-8H,6,11H2,1-4H3. The lowest BCUT2D eigenvalue weighted by Crippen LogP contribution is -2.05. The summed E-state index contributed by atoms with van der Waals surface area (Å²) in [7, 11) is 0. The summed E-state index contributed by atoms with van der Waals surface area (Å²) in [6.45, 7) is 8.67. The van der Waals surface area contributed by atoms with Gasteiger partial charge in [0.1, 0.15) is 11.6 Å². The molecule has 0 radical (unpaired) electrons. The van der Waals surface area contributed by atoms with Crippen molar-refractivity contribution in [1.82, 2.24) is 9.55 Å². The fourth-order valence-electron chi connectivity index (χ4n) is 1.25. The summed E-state index contributed by atoms with van der Waals surface area (Å²) in [4.78, 5) is 4.32. The highest BCUT2D eigenvalue weighted by Crippen LogP contribution is 2.20. The molecule has 0 spiro atoms. The van der Waals surface area contributed by atoms with Gasteiger partial charge in [0.05, 0.1) is 5.75 Å². The van der Waals surface area contributed by atoms with Gasteiger partial charge in [0.15, 0.2) is 0 Å². The van der Waals surface area contributed by atoms with Gasteiger partial charge in [0.25, 0.3) is 0 Å². The van der Waals surface area contributed by atoms with Crippen LogP contribution < -0.4 is 5.73 Å². The van der Waals surface area contributed by atoms with Crippen molar-refractivity contribution in [2.45, 2.75) is 44.7 Å². The van der Waals surface area contributed by atoms with E-state index in [1.54, 1.807) is 0 Å². The summed E-state index contributed by atoms with van der Waals surface area (Å²) >= 11 is 1.89. The molecule has 0 aliphatic carbocycles. The minimum absolute atomic E-state index is 0.433. The fraction of sp³-hybridized carbons (Fsp3) is 0.700. The Bertz CT molecular complexity index is 292. The lowest BCUT2D eigenvalue weighted by molar-refractivity contribution is 0.580. The second-order valence-corrected chi connectivity index (χ2v) is 5.51. The van der Waals surface area contributed by atoms with Crippen LogP contribution >= 0.6 is 11.8 Å². The van der Waals surface area contributed by atoms with Gasteiger partial charge in [0.2, 0.25) is 0 Å². The molecule has 0 unspecified atom stereocenters. The van der Waals surface area contributed by atoms with Gasteiger partial charge >= 0.3 is 0 Å². The SMILES string of the molecule is CC(C)SCc1nc(N)cn1C(C)C. The van der Waals surface area contributed by atoms with E-state index in [2.05, 4.69) is 37.2 Å². The first-order valence-corrected chi connectivity index (χ1v) is 6.00. The quantitative estimate of drug-likeness (QED) is 0.836. The van der Waals surface area contributed by atoms with E-state index >= 15 is 0 Å².